The highest BCUT2D eigenvalue weighted by atomic mass is 19.1. The monoisotopic (exact) mass is 320 g/mol. The van der Waals surface area contributed by atoms with Gasteiger partial charge in [-0.25, -0.2) is 14.4 Å². The van der Waals surface area contributed by atoms with E-state index >= 15 is 0 Å². The van der Waals surface area contributed by atoms with Gasteiger partial charge >= 0.3 is 0 Å². The highest BCUT2D eigenvalue weighted by Gasteiger charge is 2.14. The molecule has 0 saturated carbocycles. The zero-order valence-corrected chi connectivity index (χ0v) is 13.8. The summed E-state index contributed by atoms with van der Waals surface area (Å²) in [4.78, 5) is 11.3. The second-order valence-corrected chi connectivity index (χ2v) is 6.12. The summed E-state index contributed by atoms with van der Waals surface area (Å²) in [6.45, 7) is 0. The number of aryl methyl sites for hydroxylation is 1. The van der Waals surface area contributed by atoms with Gasteiger partial charge in [0.15, 0.2) is 0 Å². The third-order valence-electron chi connectivity index (χ3n) is 4.25. The van der Waals surface area contributed by atoms with Gasteiger partial charge in [0.05, 0.1) is 34.3 Å². The summed E-state index contributed by atoms with van der Waals surface area (Å²) in [6, 6.07) is 12.6. The van der Waals surface area contributed by atoms with E-state index in [0.717, 1.165) is 38.9 Å². The fraction of sp³-hybridized carbons (Fsp3) is 0.158. The summed E-state index contributed by atoms with van der Waals surface area (Å²) in [6.07, 6.45) is 1.81. The van der Waals surface area contributed by atoms with Crippen LogP contribution in [0.1, 0.15) is 0 Å². The van der Waals surface area contributed by atoms with Crippen LogP contribution in [0.15, 0.2) is 48.8 Å². The number of anilines is 1. The van der Waals surface area contributed by atoms with Gasteiger partial charge in [-0.3, -0.25) is 0 Å². The molecule has 2 aromatic heterocycles. The fourth-order valence-electron chi connectivity index (χ4n) is 3.02. The third-order valence-corrected chi connectivity index (χ3v) is 4.25. The predicted molar refractivity (Wildman–Crippen MR) is 95.7 cm³/mol. The van der Waals surface area contributed by atoms with E-state index < -0.39 is 0 Å². The number of hydrogen-bond acceptors (Lipinski definition) is 3. The molecule has 0 aliphatic heterocycles. The van der Waals surface area contributed by atoms with Gasteiger partial charge < -0.3 is 9.47 Å². The van der Waals surface area contributed by atoms with Gasteiger partial charge in [0, 0.05) is 32.1 Å². The van der Waals surface area contributed by atoms with Crippen LogP contribution in [-0.2, 0) is 7.05 Å². The van der Waals surface area contributed by atoms with E-state index in [1.54, 1.807) is 12.4 Å². The molecule has 2 aromatic carbocycles. The lowest BCUT2D eigenvalue weighted by molar-refractivity contribution is 0.628. The first-order valence-electron chi connectivity index (χ1n) is 7.72. The van der Waals surface area contributed by atoms with Crippen LogP contribution in [-0.4, -0.2) is 28.6 Å². The minimum atomic E-state index is -0.265. The summed E-state index contributed by atoms with van der Waals surface area (Å²) in [5.41, 5.74) is 5.31. The van der Waals surface area contributed by atoms with Gasteiger partial charge in [-0.15, -0.1) is 0 Å². The van der Waals surface area contributed by atoms with Crippen molar-refractivity contribution in [2.24, 2.45) is 7.05 Å². The molecule has 2 heterocycles. The van der Waals surface area contributed by atoms with Crippen molar-refractivity contribution in [1.29, 1.82) is 0 Å². The Morgan fingerprint density at radius 3 is 2.67 bits per heavy atom. The molecule has 0 spiro atoms. The lowest BCUT2D eigenvalue weighted by Crippen LogP contribution is -2.11. The Balaban J connectivity index is 2.07. The van der Waals surface area contributed by atoms with Crippen LogP contribution in [0, 0.1) is 5.82 Å². The van der Waals surface area contributed by atoms with E-state index in [1.165, 1.54) is 12.1 Å². The number of hydrogen-bond donors (Lipinski definition) is 0. The van der Waals surface area contributed by atoms with Crippen molar-refractivity contribution in [2.75, 3.05) is 19.0 Å². The number of halogens is 1. The van der Waals surface area contributed by atoms with Gasteiger partial charge in [0.25, 0.3) is 0 Å². The predicted octanol–water partition coefficient (Wildman–Crippen LogP) is 3.99. The van der Waals surface area contributed by atoms with Crippen molar-refractivity contribution >= 4 is 27.6 Å². The molecule has 24 heavy (non-hydrogen) atoms. The van der Waals surface area contributed by atoms with Crippen molar-refractivity contribution in [3.63, 3.8) is 0 Å². The highest BCUT2D eigenvalue weighted by Crippen LogP contribution is 2.34. The van der Waals surface area contributed by atoms with Crippen molar-refractivity contribution in [1.82, 2.24) is 14.5 Å². The second-order valence-electron chi connectivity index (χ2n) is 6.12. The maximum atomic E-state index is 13.7. The maximum absolute atomic E-state index is 13.7. The molecule has 4 rings (SSSR count). The minimum Gasteiger partial charge on any atom is -0.376 e. The van der Waals surface area contributed by atoms with E-state index in [-0.39, 0.29) is 5.82 Å². The molecule has 0 radical (unpaired) electrons. The number of fused-ring (bicyclic) bond motifs is 3. The smallest absolute Gasteiger partial charge is 0.123 e. The van der Waals surface area contributed by atoms with Gasteiger partial charge in [-0.05, 0) is 30.3 Å². The van der Waals surface area contributed by atoms with Crippen LogP contribution in [0.3, 0.4) is 0 Å². The average molecular weight is 320 g/mol. The first-order valence-corrected chi connectivity index (χ1v) is 7.72. The molecule has 5 heteroatoms. The third kappa shape index (κ3) is 2.21. The molecule has 4 nitrogen and oxygen atoms in total. The van der Waals surface area contributed by atoms with E-state index in [4.69, 9.17) is 4.98 Å². The molecule has 0 aliphatic rings. The number of pyridine rings is 1. The van der Waals surface area contributed by atoms with Crippen LogP contribution < -0.4 is 4.90 Å². The fourth-order valence-corrected chi connectivity index (χ4v) is 3.02. The summed E-state index contributed by atoms with van der Waals surface area (Å²) in [5.74, 6) is -0.265. The Morgan fingerprint density at radius 2 is 1.92 bits per heavy atom. The Labute approximate surface area is 139 Å². The molecule has 0 aliphatic carbocycles. The van der Waals surface area contributed by atoms with Crippen molar-refractivity contribution in [2.45, 2.75) is 0 Å². The minimum absolute atomic E-state index is 0.265. The first kappa shape index (κ1) is 14.6. The van der Waals surface area contributed by atoms with Crippen LogP contribution >= 0.6 is 0 Å². The summed E-state index contributed by atoms with van der Waals surface area (Å²) in [7, 11) is 5.90. The Bertz CT molecular complexity index is 1070. The van der Waals surface area contributed by atoms with Gasteiger partial charge in [0.1, 0.15) is 5.82 Å². The average Bonchev–Trinajstić information content (AvgIpc) is 2.95. The maximum Gasteiger partial charge on any atom is 0.123 e. The van der Waals surface area contributed by atoms with Crippen molar-refractivity contribution in [3.05, 3.63) is 54.6 Å². The number of rotatable bonds is 2. The normalized spacial score (nSPS) is 11.3. The van der Waals surface area contributed by atoms with E-state index in [2.05, 4.69) is 11.1 Å². The Hall–Kier alpha value is -2.95. The van der Waals surface area contributed by atoms with Gasteiger partial charge in [0.2, 0.25) is 0 Å². The first-order chi connectivity index (χ1) is 11.5. The van der Waals surface area contributed by atoms with Crippen molar-refractivity contribution in [3.8, 4) is 11.3 Å². The number of aromatic nitrogens is 3. The van der Waals surface area contributed by atoms with Crippen LogP contribution in [0.25, 0.3) is 33.2 Å². The summed E-state index contributed by atoms with van der Waals surface area (Å²) < 4.78 is 15.6. The molecule has 0 N–H and O–H groups in total. The van der Waals surface area contributed by atoms with E-state index in [9.17, 15) is 4.39 Å². The molecule has 4 aromatic rings. The molecule has 0 fully saturated rings. The largest absolute Gasteiger partial charge is 0.376 e. The Kier molecular flexibility index (Phi) is 3.23. The summed E-state index contributed by atoms with van der Waals surface area (Å²) in [5, 5.41) is 0.997. The molecule has 0 amide bonds. The SMILES string of the molecule is CN(C)c1cc2c(ccc3c2ncn3C)nc1-c1cccc(F)c1. The van der Waals surface area contributed by atoms with Gasteiger partial charge in [-0.2, -0.15) is 0 Å². The van der Waals surface area contributed by atoms with E-state index in [0.29, 0.717) is 0 Å². The van der Waals surface area contributed by atoms with E-state index in [1.807, 2.05) is 48.8 Å². The molecule has 0 saturated heterocycles. The quantitative estimate of drug-likeness (QED) is 0.560. The topological polar surface area (TPSA) is 34.0 Å². The highest BCUT2D eigenvalue weighted by molar-refractivity contribution is 6.05. The van der Waals surface area contributed by atoms with Gasteiger partial charge in [-0.1, -0.05) is 12.1 Å². The molecule has 0 atom stereocenters. The lowest BCUT2D eigenvalue weighted by atomic mass is 10.1. The summed E-state index contributed by atoms with van der Waals surface area (Å²) >= 11 is 0. The second kappa shape index (κ2) is 5.30. The molecule has 120 valence electrons. The molecular weight excluding hydrogens is 303 g/mol. The number of nitrogens with zero attached hydrogens (tertiary/aromatic N) is 4. The zero-order valence-electron chi connectivity index (χ0n) is 13.8. The Morgan fingerprint density at radius 1 is 1.08 bits per heavy atom. The number of benzene rings is 2. The van der Waals surface area contributed by atoms with Crippen LogP contribution in [0.4, 0.5) is 10.1 Å². The molecule has 0 unspecified atom stereocenters. The lowest BCUT2D eigenvalue weighted by Gasteiger charge is -2.18. The zero-order chi connectivity index (χ0) is 16.8. The molecular formula is C19H17FN4. The van der Waals surface area contributed by atoms with Crippen LogP contribution in [0.5, 0.6) is 0 Å². The van der Waals surface area contributed by atoms with Crippen LogP contribution in [0.2, 0.25) is 0 Å². The standard InChI is InChI=1S/C19H17FN4/c1-23(2)17-10-14-15(7-8-16-19(14)21-11-24(16)3)22-18(17)12-5-4-6-13(20)9-12/h4-11H,1-3H3. The number of imidazole rings is 1. The molecule has 0 bridgehead atoms. The van der Waals surface area contributed by atoms with Crippen molar-refractivity contribution < 1.29 is 4.39 Å².